The minimum absolute atomic E-state index is 0.0560. The summed E-state index contributed by atoms with van der Waals surface area (Å²) in [7, 11) is 0. The van der Waals surface area contributed by atoms with Gasteiger partial charge in [0.25, 0.3) is 0 Å². The van der Waals surface area contributed by atoms with Gasteiger partial charge in [0.2, 0.25) is 5.89 Å². The molecule has 0 spiro atoms. The van der Waals surface area contributed by atoms with E-state index in [0.29, 0.717) is 5.89 Å². The van der Waals surface area contributed by atoms with Crippen molar-refractivity contribution in [1.29, 1.82) is 0 Å². The highest BCUT2D eigenvalue weighted by Crippen LogP contribution is 2.13. The number of nitrogens with zero attached hydrogens (tertiary/aromatic N) is 2. The van der Waals surface area contributed by atoms with Crippen molar-refractivity contribution in [3.8, 4) is 0 Å². The molecule has 10 heavy (non-hydrogen) atoms. The molecular weight excluding hydrogens is 130 g/mol. The van der Waals surface area contributed by atoms with Crippen molar-refractivity contribution in [3.63, 3.8) is 0 Å². The van der Waals surface area contributed by atoms with E-state index in [9.17, 15) is 0 Å². The molecule has 0 fully saturated rings. The third kappa shape index (κ3) is 1.33. The first-order valence-electron chi connectivity index (χ1n) is 3.24. The van der Waals surface area contributed by atoms with Crippen LogP contribution in [-0.2, 0) is 0 Å². The molecule has 0 aliphatic carbocycles. The Morgan fingerprint density at radius 2 is 2.30 bits per heavy atom. The average molecular weight is 141 g/mol. The molecule has 0 saturated carbocycles. The van der Waals surface area contributed by atoms with Crippen LogP contribution in [0.25, 0.3) is 0 Å². The lowest BCUT2D eigenvalue weighted by atomic mass is 10.1. The molecule has 2 N–H and O–H groups in total. The Hall–Kier alpha value is -0.900. The molecule has 0 aromatic carbocycles. The zero-order chi connectivity index (χ0) is 7.56. The second-order valence-corrected chi connectivity index (χ2v) is 2.43. The third-order valence-electron chi connectivity index (χ3n) is 1.56. The fourth-order valence-corrected chi connectivity index (χ4v) is 0.607. The Kier molecular flexibility index (Phi) is 2.01. The van der Waals surface area contributed by atoms with Crippen LogP contribution >= 0.6 is 0 Å². The van der Waals surface area contributed by atoms with Crippen LogP contribution in [0.5, 0.6) is 0 Å². The first kappa shape index (κ1) is 7.21. The van der Waals surface area contributed by atoms with Crippen LogP contribution in [0, 0.1) is 0 Å². The molecule has 1 aromatic heterocycles. The first-order chi connectivity index (χ1) is 4.72. The lowest BCUT2D eigenvalue weighted by Gasteiger charge is -2.08. The van der Waals surface area contributed by atoms with Crippen LogP contribution in [-0.4, -0.2) is 16.2 Å². The van der Waals surface area contributed by atoms with Gasteiger partial charge in [0.15, 0.2) is 6.33 Å². The van der Waals surface area contributed by atoms with E-state index in [2.05, 4.69) is 10.1 Å². The summed E-state index contributed by atoms with van der Waals surface area (Å²) in [6.45, 7) is 3.87. The maximum Gasteiger partial charge on any atom is 0.230 e. The van der Waals surface area contributed by atoms with E-state index in [1.807, 2.05) is 13.8 Å². The van der Waals surface area contributed by atoms with Gasteiger partial charge in [-0.15, -0.1) is 0 Å². The average Bonchev–Trinajstić information content (AvgIpc) is 2.36. The molecule has 1 heterocycles. The van der Waals surface area contributed by atoms with Crippen molar-refractivity contribution in [2.45, 2.75) is 25.8 Å². The molecule has 4 heteroatoms. The minimum Gasteiger partial charge on any atom is -0.339 e. The van der Waals surface area contributed by atoms with E-state index in [0.717, 1.165) is 0 Å². The second-order valence-electron chi connectivity index (χ2n) is 2.43. The Balaban J connectivity index is 2.68. The van der Waals surface area contributed by atoms with Crippen LogP contribution < -0.4 is 5.73 Å². The molecule has 0 amide bonds. The number of hydrogen-bond donors (Lipinski definition) is 1. The lowest BCUT2D eigenvalue weighted by molar-refractivity contribution is 0.346. The zero-order valence-corrected chi connectivity index (χ0v) is 6.11. The molecule has 0 bridgehead atoms. The topological polar surface area (TPSA) is 64.9 Å². The van der Waals surface area contributed by atoms with Crippen LogP contribution in [0.15, 0.2) is 10.9 Å². The zero-order valence-electron chi connectivity index (χ0n) is 6.11. The Morgan fingerprint density at radius 1 is 1.60 bits per heavy atom. The van der Waals surface area contributed by atoms with Gasteiger partial charge in [-0.3, -0.25) is 0 Å². The van der Waals surface area contributed by atoms with Gasteiger partial charge in [0, 0.05) is 6.04 Å². The molecule has 56 valence electrons. The maximum atomic E-state index is 5.60. The summed E-state index contributed by atoms with van der Waals surface area (Å²) in [5.41, 5.74) is 5.60. The predicted octanol–water partition coefficient (Wildman–Crippen LogP) is 0.520. The fourth-order valence-electron chi connectivity index (χ4n) is 0.607. The van der Waals surface area contributed by atoms with Crippen LogP contribution in [0.3, 0.4) is 0 Å². The van der Waals surface area contributed by atoms with Crippen LogP contribution in [0.4, 0.5) is 0 Å². The summed E-state index contributed by atoms with van der Waals surface area (Å²) in [6, 6.07) is 0.0560. The largest absolute Gasteiger partial charge is 0.339 e. The molecule has 0 radical (unpaired) electrons. The smallest absolute Gasteiger partial charge is 0.230 e. The van der Waals surface area contributed by atoms with Gasteiger partial charge in [-0.1, -0.05) is 12.1 Å². The minimum atomic E-state index is 0.0560. The highest BCUT2D eigenvalue weighted by atomic mass is 16.5. The van der Waals surface area contributed by atoms with Gasteiger partial charge in [0.1, 0.15) is 0 Å². The van der Waals surface area contributed by atoms with Crippen LogP contribution in [0.2, 0.25) is 0 Å². The van der Waals surface area contributed by atoms with Crippen molar-refractivity contribution < 1.29 is 4.52 Å². The third-order valence-corrected chi connectivity index (χ3v) is 1.56. The maximum absolute atomic E-state index is 5.60. The molecule has 0 saturated heterocycles. The van der Waals surface area contributed by atoms with E-state index < -0.39 is 0 Å². The van der Waals surface area contributed by atoms with E-state index >= 15 is 0 Å². The normalized spacial score (nSPS) is 16.7. The number of nitrogens with two attached hydrogens (primary N) is 1. The molecule has 4 nitrogen and oxygen atoms in total. The van der Waals surface area contributed by atoms with E-state index in [1.165, 1.54) is 6.33 Å². The summed E-state index contributed by atoms with van der Waals surface area (Å²) in [5.74, 6) is 0.748. The van der Waals surface area contributed by atoms with Gasteiger partial charge in [-0.25, -0.2) is 0 Å². The van der Waals surface area contributed by atoms with Gasteiger partial charge >= 0.3 is 0 Å². The Bertz CT molecular complexity index is 183. The molecule has 1 aromatic rings. The summed E-state index contributed by atoms with van der Waals surface area (Å²) in [6.07, 6.45) is 1.38. The molecular formula is C6H11N3O. The number of aromatic nitrogens is 2. The van der Waals surface area contributed by atoms with E-state index in [-0.39, 0.29) is 12.0 Å². The molecule has 2 atom stereocenters. The highest BCUT2D eigenvalue weighted by Gasteiger charge is 2.14. The summed E-state index contributed by atoms with van der Waals surface area (Å²) in [5, 5.41) is 3.48. The Labute approximate surface area is 59.4 Å². The number of hydrogen-bond acceptors (Lipinski definition) is 4. The van der Waals surface area contributed by atoms with Crippen LogP contribution in [0.1, 0.15) is 25.7 Å². The van der Waals surface area contributed by atoms with Crippen molar-refractivity contribution in [1.82, 2.24) is 10.1 Å². The van der Waals surface area contributed by atoms with Crippen molar-refractivity contribution in [2.24, 2.45) is 5.73 Å². The second kappa shape index (κ2) is 2.79. The first-order valence-corrected chi connectivity index (χ1v) is 3.24. The van der Waals surface area contributed by atoms with Crippen molar-refractivity contribution in [2.75, 3.05) is 0 Å². The monoisotopic (exact) mass is 141 g/mol. The number of rotatable bonds is 2. The Morgan fingerprint density at radius 3 is 2.70 bits per heavy atom. The van der Waals surface area contributed by atoms with Crippen molar-refractivity contribution >= 4 is 0 Å². The van der Waals surface area contributed by atoms with Gasteiger partial charge in [-0.05, 0) is 6.92 Å². The molecule has 2 unspecified atom stereocenters. The lowest BCUT2D eigenvalue weighted by Crippen LogP contribution is -2.22. The SMILES string of the molecule is CC(N)C(C)c1ncno1. The summed E-state index contributed by atoms with van der Waals surface area (Å²) >= 11 is 0. The molecule has 0 aliphatic heterocycles. The van der Waals surface area contributed by atoms with Gasteiger partial charge < -0.3 is 10.3 Å². The standard InChI is InChI=1S/C6H11N3O/c1-4(5(2)7)6-8-3-9-10-6/h3-5H,7H2,1-2H3. The van der Waals surface area contributed by atoms with E-state index in [4.69, 9.17) is 10.3 Å². The van der Waals surface area contributed by atoms with Gasteiger partial charge in [0.05, 0.1) is 5.92 Å². The quantitative estimate of drug-likeness (QED) is 0.652. The highest BCUT2D eigenvalue weighted by molar-refractivity contribution is 4.90. The van der Waals surface area contributed by atoms with E-state index in [1.54, 1.807) is 0 Å². The summed E-state index contributed by atoms with van der Waals surface area (Å²) in [4.78, 5) is 3.88. The molecule has 0 aliphatic rings. The molecule has 1 rings (SSSR count). The summed E-state index contributed by atoms with van der Waals surface area (Å²) < 4.78 is 4.82. The predicted molar refractivity (Wildman–Crippen MR) is 36.4 cm³/mol. The van der Waals surface area contributed by atoms with Gasteiger partial charge in [-0.2, -0.15) is 4.98 Å². The fraction of sp³-hybridized carbons (Fsp3) is 0.667. The van der Waals surface area contributed by atoms with Crippen molar-refractivity contribution in [3.05, 3.63) is 12.2 Å².